The van der Waals surface area contributed by atoms with Gasteiger partial charge < -0.3 is 25.0 Å². The summed E-state index contributed by atoms with van der Waals surface area (Å²) >= 11 is 0. The zero-order chi connectivity index (χ0) is 15.2. The van der Waals surface area contributed by atoms with Crippen LogP contribution in [0.25, 0.3) is 0 Å². The number of aliphatic hydroxyl groups is 1. The predicted molar refractivity (Wildman–Crippen MR) is 82.0 cm³/mol. The Labute approximate surface area is 125 Å². The first-order chi connectivity index (χ1) is 10.1. The number of nitrogens with zero attached hydrogens (tertiary/aromatic N) is 5. The van der Waals surface area contributed by atoms with E-state index >= 15 is 0 Å². The van der Waals surface area contributed by atoms with Gasteiger partial charge in [0.15, 0.2) is 0 Å². The second-order valence-corrected chi connectivity index (χ2v) is 5.20. The molecule has 0 aliphatic carbocycles. The first kappa shape index (κ1) is 15.7. The van der Waals surface area contributed by atoms with Crippen LogP contribution in [-0.4, -0.2) is 73.1 Å². The largest absolute Gasteiger partial charge is 0.394 e. The van der Waals surface area contributed by atoms with Crippen molar-refractivity contribution in [3.05, 3.63) is 0 Å². The minimum atomic E-state index is -0.189. The van der Waals surface area contributed by atoms with Crippen molar-refractivity contribution in [2.75, 3.05) is 62.1 Å². The maximum Gasteiger partial charge on any atom is 0.232 e. The van der Waals surface area contributed by atoms with Crippen molar-refractivity contribution >= 4 is 17.8 Å². The predicted octanol–water partition coefficient (Wildman–Crippen LogP) is -0.0430. The van der Waals surface area contributed by atoms with E-state index < -0.39 is 0 Å². The minimum absolute atomic E-state index is 0.00304. The highest BCUT2D eigenvalue weighted by Gasteiger charge is 2.23. The van der Waals surface area contributed by atoms with Crippen molar-refractivity contribution in [3.8, 4) is 0 Å². The van der Waals surface area contributed by atoms with E-state index in [-0.39, 0.29) is 12.7 Å². The standard InChI is InChI=1S/C13H24N6O2/c1-4-5-14-11-15-12(18(2)3)17-13(16-11)19-6-7-21-10(8-19)9-20/h10,20H,4-9H2,1-3H3,(H,14,15,16,17). The quantitative estimate of drug-likeness (QED) is 0.756. The van der Waals surface area contributed by atoms with Gasteiger partial charge in [0.05, 0.1) is 19.3 Å². The van der Waals surface area contributed by atoms with Crippen LogP contribution in [-0.2, 0) is 4.74 Å². The fourth-order valence-corrected chi connectivity index (χ4v) is 2.02. The molecule has 2 rings (SSSR count). The molecule has 1 unspecified atom stereocenters. The van der Waals surface area contributed by atoms with E-state index in [9.17, 15) is 5.11 Å². The molecule has 21 heavy (non-hydrogen) atoms. The average molecular weight is 296 g/mol. The fraction of sp³-hybridized carbons (Fsp3) is 0.769. The highest BCUT2D eigenvalue weighted by Crippen LogP contribution is 2.17. The number of morpholine rings is 1. The van der Waals surface area contributed by atoms with Gasteiger partial charge in [0.25, 0.3) is 0 Å². The lowest BCUT2D eigenvalue weighted by Gasteiger charge is -2.32. The third-order valence-electron chi connectivity index (χ3n) is 3.17. The molecular formula is C13H24N6O2. The number of hydrogen-bond donors (Lipinski definition) is 2. The van der Waals surface area contributed by atoms with Crippen LogP contribution < -0.4 is 15.1 Å². The fourth-order valence-electron chi connectivity index (χ4n) is 2.02. The van der Waals surface area contributed by atoms with Crippen LogP contribution >= 0.6 is 0 Å². The Morgan fingerprint density at radius 3 is 2.86 bits per heavy atom. The van der Waals surface area contributed by atoms with Gasteiger partial charge in [-0.1, -0.05) is 6.92 Å². The van der Waals surface area contributed by atoms with Crippen molar-refractivity contribution < 1.29 is 9.84 Å². The Kier molecular flexibility index (Phi) is 5.51. The molecule has 1 saturated heterocycles. The van der Waals surface area contributed by atoms with E-state index in [4.69, 9.17) is 4.74 Å². The van der Waals surface area contributed by atoms with Crippen molar-refractivity contribution in [2.24, 2.45) is 0 Å². The van der Waals surface area contributed by atoms with E-state index in [0.29, 0.717) is 37.5 Å². The van der Waals surface area contributed by atoms with Crippen molar-refractivity contribution in [2.45, 2.75) is 19.4 Å². The van der Waals surface area contributed by atoms with Crippen LogP contribution in [0.2, 0.25) is 0 Å². The van der Waals surface area contributed by atoms with Crippen LogP contribution in [0.3, 0.4) is 0 Å². The number of ether oxygens (including phenoxy) is 1. The number of nitrogens with one attached hydrogen (secondary N) is 1. The number of hydrogen-bond acceptors (Lipinski definition) is 8. The van der Waals surface area contributed by atoms with Gasteiger partial charge >= 0.3 is 0 Å². The molecule has 0 bridgehead atoms. The summed E-state index contributed by atoms with van der Waals surface area (Å²) in [4.78, 5) is 17.2. The molecule has 1 aliphatic rings. The maximum atomic E-state index is 9.24. The van der Waals surface area contributed by atoms with Crippen LogP contribution in [0.15, 0.2) is 0 Å². The Morgan fingerprint density at radius 2 is 2.19 bits per heavy atom. The molecule has 2 heterocycles. The molecule has 8 nitrogen and oxygen atoms in total. The van der Waals surface area contributed by atoms with Crippen LogP contribution in [0, 0.1) is 0 Å². The van der Waals surface area contributed by atoms with Crippen LogP contribution in [0.5, 0.6) is 0 Å². The molecule has 1 aliphatic heterocycles. The minimum Gasteiger partial charge on any atom is -0.394 e. The number of rotatable bonds is 6. The Hall–Kier alpha value is -1.67. The maximum absolute atomic E-state index is 9.24. The van der Waals surface area contributed by atoms with Crippen LogP contribution in [0.4, 0.5) is 17.8 Å². The van der Waals surface area contributed by atoms with Crippen molar-refractivity contribution in [1.82, 2.24) is 15.0 Å². The van der Waals surface area contributed by atoms with E-state index in [2.05, 4.69) is 27.2 Å². The summed E-state index contributed by atoms with van der Waals surface area (Å²) in [5.41, 5.74) is 0. The monoisotopic (exact) mass is 296 g/mol. The van der Waals surface area contributed by atoms with Gasteiger partial charge in [-0.25, -0.2) is 0 Å². The zero-order valence-electron chi connectivity index (χ0n) is 12.9. The molecule has 0 aromatic carbocycles. The molecule has 0 radical (unpaired) electrons. The summed E-state index contributed by atoms with van der Waals surface area (Å²) in [5, 5.41) is 12.4. The van der Waals surface area contributed by atoms with Gasteiger partial charge in [-0.3, -0.25) is 0 Å². The summed E-state index contributed by atoms with van der Waals surface area (Å²) in [6.07, 6.45) is 0.813. The highest BCUT2D eigenvalue weighted by atomic mass is 16.5. The topological polar surface area (TPSA) is 86.6 Å². The number of anilines is 3. The van der Waals surface area contributed by atoms with Gasteiger partial charge in [-0.15, -0.1) is 0 Å². The van der Waals surface area contributed by atoms with E-state index in [0.717, 1.165) is 13.0 Å². The third-order valence-corrected chi connectivity index (χ3v) is 3.17. The average Bonchev–Trinajstić information content (AvgIpc) is 2.52. The smallest absolute Gasteiger partial charge is 0.232 e. The molecule has 8 heteroatoms. The molecule has 1 aromatic heterocycles. The highest BCUT2D eigenvalue weighted by molar-refractivity contribution is 5.44. The molecule has 0 saturated carbocycles. The number of aromatic nitrogens is 3. The van der Waals surface area contributed by atoms with Gasteiger partial charge in [0.1, 0.15) is 0 Å². The Balaban J connectivity index is 2.22. The molecule has 0 spiro atoms. The normalized spacial score (nSPS) is 18.7. The van der Waals surface area contributed by atoms with E-state index in [1.807, 2.05) is 23.9 Å². The Morgan fingerprint density at radius 1 is 1.38 bits per heavy atom. The molecule has 118 valence electrons. The first-order valence-corrected chi connectivity index (χ1v) is 7.28. The molecule has 2 N–H and O–H groups in total. The summed E-state index contributed by atoms with van der Waals surface area (Å²) < 4.78 is 5.46. The lowest BCUT2D eigenvalue weighted by molar-refractivity contribution is 0.00314. The molecule has 0 amide bonds. The van der Waals surface area contributed by atoms with E-state index in [1.165, 1.54) is 0 Å². The van der Waals surface area contributed by atoms with Gasteiger partial charge in [-0.2, -0.15) is 15.0 Å². The molecule has 1 aromatic rings. The lowest BCUT2D eigenvalue weighted by atomic mass is 10.3. The lowest BCUT2D eigenvalue weighted by Crippen LogP contribution is -2.45. The molecular weight excluding hydrogens is 272 g/mol. The molecule has 1 atom stereocenters. The third kappa shape index (κ3) is 4.15. The van der Waals surface area contributed by atoms with Crippen LogP contribution in [0.1, 0.15) is 13.3 Å². The zero-order valence-corrected chi connectivity index (χ0v) is 12.9. The summed E-state index contributed by atoms with van der Waals surface area (Å²) in [5.74, 6) is 1.82. The second kappa shape index (κ2) is 7.37. The summed E-state index contributed by atoms with van der Waals surface area (Å²) in [6, 6.07) is 0. The van der Waals surface area contributed by atoms with Gasteiger partial charge in [0, 0.05) is 33.7 Å². The van der Waals surface area contributed by atoms with Gasteiger partial charge in [0.2, 0.25) is 17.8 Å². The first-order valence-electron chi connectivity index (χ1n) is 7.28. The second-order valence-electron chi connectivity index (χ2n) is 5.20. The summed E-state index contributed by atoms with van der Waals surface area (Å²) in [6.45, 7) is 4.77. The van der Waals surface area contributed by atoms with Gasteiger partial charge in [-0.05, 0) is 6.42 Å². The van der Waals surface area contributed by atoms with Crippen molar-refractivity contribution in [1.29, 1.82) is 0 Å². The SMILES string of the molecule is CCCNc1nc(N(C)C)nc(N2CCOC(CO)C2)n1. The molecule has 1 fully saturated rings. The number of aliphatic hydroxyl groups excluding tert-OH is 1. The van der Waals surface area contributed by atoms with E-state index in [1.54, 1.807) is 0 Å². The van der Waals surface area contributed by atoms with Crippen molar-refractivity contribution in [3.63, 3.8) is 0 Å². The summed E-state index contributed by atoms with van der Waals surface area (Å²) in [7, 11) is 3.80. The Bertz CT molecular complexity index is 456.